The maximum absolute atomic E-state index is 12.2. The highest BCUT2D eigenvalue weighted by atomic mass is 35.5. The molecule has 128 valence electrons. The van der Waals surface area contributed by atoms with Gasteiger partial charge < -0.3 is 5.11 Å². The third-order valence-corrected chi connectivity index (χ3v) is 5.34. The molecule has 2 aromatic carbocycles. The Kier molecular flexibility index (Phi) is 6.36. The third kappa shape index (κ3) is 5.06. The molecular weight excluding hydrogens is 350 g/mol. The number of carboxylic acid groups (broad SMARTS) is 1. The predicted molar refractivity (Wildman–Crippen MR) is 93.0 cm³/mol. The van der Waals surface area contributed by atoms with E-state index in [1.54, 1.807) is 0 Å². The SMILES string of the molecule is O=C(O)c1cccc(S(=O)(=O)NCCCCc2ccccc2Cl)c1. The summed E-state index contributed by atoms with van der Waals surface area (Å²) in [4.78, 5) is 10.9. The number of unbranched alkanes of at least 4 members (excludes halogenated alkanes) is 1. The second-order valence-corrected chi connectivity index (χ2v) is 7.45. The second-order valence-electron chi connectivity index (χ2n) is 5.28. The Morgan fingerprint density at radius 2 is 1.83 bits per heavy atom. The Labute approximate surface area is 146 Å². The first-order valence-corrected chi connectivity index (χ1v) is 9.33. The number of rotatable bonds is 8. The van der Waals surface area contributed by atoms with Gasteiger partial charge in [-0.15, -0.1) is 0 Å². The fraction of sp³-hybridized carbons (Fsp3) is 0.235. The second kappa shape index (κ2) is 8.28. The van der Waals surface area contributed by atoms with Crippen molar-refractivity contribution in [2.75, 3.05) is 6.54 Å². The summed E-state index contributed by atoms with van der Waals surface area (Å²) in [5.41, 5.74) is 0.979. The Hall–Kier alpha value is -1.89. The summed E-state index contributed by atoms with van der Waals surface area (Å²) in [6, 6.07) is 12.8. The zero-order valence-electron chi connectivity index (χ0n) is 12.9. The van der Waals surface area contributed by atoms with Crippen LogP contribution in [-0.2, 0) is 16.4 Å². The summed E-state index contributed by atoms with van der Waals surface area (Å²) in [5.74, 6) is -1.16. The molecular formula is C17H18ClNO4S. The van der Waals surface area contributed by atoms with Gasteiger partial charge in [0, 0.05) is 11.6 Å². The molecule has 24 heavy (non-hydrogen) atoms. The van der Waals surface area contributed by atoms with Crippen LogP contribution in [0.15, 0.2) is 53.4 Å². The van der Waals surface area contributed by atoms with Crippen LogP contribution in [0.4, 0.5) is 0 Å². The first-order valence-electron chi connectivity index (χ1n) is 7.46. The van der Waals surface area contributed by atoms with Gasteiger partial charge in [-0.25, -0.2) is 17.9 Å². The number of halogens is 1. The van der Waals surface area contributed by atoms with Crippen LogP contribution in [0.25, 0.3) is 0 Å². The molecule has 0 atom stereocenters. The third-order valence-electron chi connectivity index (χ3n) is 3.51. The van der Waals surface area contributed by atoms with E-state index in [2.05, 4.69) is 4.72 Å². The monoisotopic (exact) mass is 367 g/mol. The topological polar surface area (TPSA) is 83.5 Å². The van der Waals surface area contributed by atoms with Crippen LogP contribution in [0.3, 0.4) is 0 Å². The fourth-order valence-electron chi connectivity index (χ4n) is 2.23. The molecule has 0 saturated carbocycles. The van der Waals surface area contributed by atoms with E-state index >= 15 is 0 Å². The van der Waals surface area contributed by atoms with E-state index in [1.165, 1.54) is 18.2 Å². The van der Waals surface area contributed by atoms with E-state index in [-0.39, 0.29) is 17.0 Å². The van der Waals surface area contributed by atoms with Crippen molar-refractivity contribution in [1.82, 2.24) is 4.72 Å². The molecule has 2 N–H and O–H groups in total. The summed E-state index contributed by atoms with van der Waals surface area (Å²) in [6.07, 6.45) is 2.22. The van der Waals surface area contributed by atoms with Gasteiger partial charge in [0.2, 0.25) is 10.0 Å². The summed E-state index contributed by atoms with van der Waals surface area (Å²) in [5, 5.41) is 9.64. The van der Waals surface area contributed by atoms with E-state index in [1.807, 2.05) is 24.3 Å². The normalized spacial score (nSPS) is 11.4. The van der Waals surface area contributed by atoms with Crippen molar-refractivity contribution in [2.24, 2.45) is 0 Å². The minimum atomic E-state index is -3.71. The molecule has 2 aromatic rings. The molecule has 0 aliphatic carbocycles. The van der Waals surface area contributed by atoms with Gasteiger partial charge in [0.15, 0.2) is 0 Å². The lowest BCUT2D eigenvalue weighted by atomic mass is 10.1. The average molecular weight is 368 g/mol. The molecule has 7 heteroatoms. The molecule has 5 nitrogen and oxygen atoms in total. The highest BCUT2D eigenvalue weighted by Gasteiger charge is 2.15. The molecule has 0 aliphatic rings. The first-order chi connectivity index (χ1) is 11.4. The van der Waals surface area contributed by atoms with Crippen LogP contribution in [0, 0.1) is 0 Å². The maximum Gasteiger partial charge on any atom is 0.335 e. The van der Waals surface area contributed by atoms with Crippen molar-refractivity contribution < 1.29 is 18.3 Å². The minimum absolute atomic E-state index is 0.0477. The standard InChI is InChI=1S/C17H18ClNO4S/c18-16-10-2-1-6-13(16)7-3-4-11-19-24(22,23)15-9-5-8-14(12-15)17(20)21/h1-2,5-6,8-10,12,19H,3-4,7,11H2,(H,20,21). The molecule has 0 spiro atoms. The zero-order chi connectivity index (χ0) is 17.6. The number of hydrogen-bond donors (Lipinski definition) is 2. The molecule has 0 radical (unpaired) electrons. The van der Waals surface area contributed by atoms with Crippen LogP contribution in [0.1, 0.15) is 28.8 Å². The smallest absolute Gasteiger partial charge is 0.335 e. The molecule has 0 bridgehead atoms. The Morgan fingerprint density at radius 1 is 1.08 bits per heavy atom. The van der Waals surface area contributed by atoms with Gasteiger partial charge in [-0.1, -0.05) is 35.9 Å². The molecule has 0 unspecified atom stereocenters. The van der Waals surface area contributed by atoms with Gasteiger partial charge in [-0.2, -0.15) is 0 Å². The van der Waals surface area contributed by atoms with Gasteiger partial charge in [-0.3, -0.25) is 0 Å². The molecule has 0 heterocycles. The van der Waals surface area contributed by atoms with Crippen molar-refractivity contribution in [2.45, 2.75) is 24.2 Å². The summed E-state index contributed by atoms with van der Waals surface area (Å²) in [6.45, 7) is 0.282. The molecule has 0 fully saturated rings. The predicted octanol–water partition coefficient (Wildman–Crippen LogP) is 3.34. The number of nitrogens with one attached hydrogen (secondary N) is 1. The minimum Gasteiger partial charge on any atom is -0.478 e. The van der Waals surface area contributed by atoms with Gasteiger partial charge in [0.05, 0.1) is 10.5 Å². The summed E-state index contributed by atoms with van der Waals surface area (Å²) in [7, 11) is -3.71. The zero-order valence-corrected chi connectivity index (χ0v) is 14.5. The Bertz CT molecular complexity index is 821. The van der Waals surface area contributed by atoms with Crippen LogP contribution < -0.4 is 4.72 Å². The van der Waals surface area contributed by atoms with E-state index in [0.717, 1.165) is 24.5 Å². The highest BCUT2D eigenvalue weighted by Crippen LogP contribution is 2.17. The quantitative estimate of drug-likeness (QED) is 0.701. The van der Waals surface area contributed by atoms with Crippen LogP contribution in [0.5, 0.6) is 0 Å². The lowest BCUT2D eigenvalue weighted by Gasteiger charge is -2.08. The molecule has 0 aliphatic heterocycles. The van der Waals surface area contributed by atoms with E-state index < -0.39 is 16.0 Å². The van der Waals surface area contributed by atoms with E-state index in [4.69, 9.17) is 16.7 Å². The lowest BCUT2D eigenvalue weighted by molar-refractivity contribution is 0.0696. The Balaban J connectivity index is 1.86. The maximum atomic E-state index is 12.2. The highest BCUT2D eigenvalue weighted by molar-refractivity contribution is 7.89. The van der Waals surface area contributed by atoms with Crippen LogP contribution >= 0.6 is 11.6 Å². The number of hydrogen-bond acceptors (Lipinski definition) is 3. The van der Waals surface area contributed by atoms with Gasteiger partial charge in [-0.05, 0) is 49.1 Å². The molecule has 0 aromatic heterocycles. The van der Waals surface area contributed by atoms with Crippen molar-refractivity contribution in [3.8, 4) is 0 Å². The number of sulfonamides is 1. The van der Waals surface area contributed by atoms with Gasteiger partial charge in [0.1, 0.15) is 0 Å². The van der Waals surface area contributed by atoms with Gasteiger partial charge in [0.25, 0.3) is 0 Å². The molecule has 0 saturated heterocycles. The molecule has 0 amide bonds. The van der Waals surface area contributed by atoms with Gasteiger partial charge >= 0.3 is 5.97 Å². The summed E-state index contributed by atoms with van der Waals surface area (Å²) < 4.78 is 26.8. The number of aromatic carboxylic acids is 1. The number of carbonyl (C=O) groups is 1. The average Bonchev–Trinajstić information content (AvgIpc) is 2.56. The van der Waals surface area contributed by atoms with Crippen molar-refractivity contribution in [1.29, 1.82) is 0 Å². The first kappa shape index (κ1) is 18.4. The van der Waals surface area contributed by atoms with Crippen LogP contribution in [0.2, 0.25) is 5.02 Å². The van der Waals surface area contributed by atoms with E-state index in [0.29, 0.717) is 11.4 Å². The summed E-state index contributed by atoms with van der Waals surface area (Å²) >= 11 is 6.07. The van der Waals surface area contributed by atoms with Crippen molar-refractivity contribution in [3.63, 3.8) is 0 Å². The fourth-order valence-corrected chi connectivity index (χ4v) is 3.58. The lowest BCUT2D eigenvalue weighted by Crippen LogP contribution is -2.25. The number of aryl methyl sites for hydroxylation is 1. The van der Waals surface area contributed by atoms with Crippen molar-refractivity contribution >= 4 is 27.6 Å². The van der Waals surface area contributed by atoms with E-state index in [9.17, 15) is 13.2 Å². The van der Waals surface area contributed by atoms with Crippen molar-refractivity contribution in [3.05, 3.63) is 64.7 Å². The number of benzene rings is 2. The largest absolute Gasteiger partial charge is 0.478 e. The van der Waals surface area contributed by atoms with Crippen LogP contribution in [-0.4, -0.2) is 26.0 Å². The molecule has 2 rings (SSSR count). The Morgan fingerprint density at radius 3 is 2.54 bits per heavy atom. The number of carboxylic acids is 1.